The third kappa shape index (κ3) is 7.14. The monoisotopic (exact) mass is 688 g/mol. The van der Waals surface area contributed by atoms with E-state index in [1.165, 1.54) is 23.5 Å². The summed E-state index contributed by atoms with van der Waals surface area (Å²) >= 11 is 0. The largest absolute Gasteiger partial charge is 0.486 e. The molecule has 4 aromatic carbocycles. The van der Waals surface area contributed by atoms with E-state index >= 15 is 0 Å². The van der Waals surface area contributed by atoms with E-state index in [9.17, 15) is 23.1 Å². The van der Waals surface area contributed by atoms with E-state index in [0.717, 1.165) is 16.3 Å². The van der Waals surface area contributed by atoms with Crippen LogP contribution in [0.4, 0.5) is 10.5 Å². The molecule has 2 aliphatic heterocycles. The van der Waals surface area contributed by atoms with Crippen LogP contribution in [0.1, 0.15) is 29.8 Å². The zero-order valence-corrected chi connectivity index (χ0v) is 28.4. The Morgan fingerprint density at radius 1 is 1.02 bits per heavy atom. The summed E-state index contributed by atoms with van der Waals surface area (Å²) in [4.78, 5) is 28.7. The first-order valence-corrected chi connectivity index (χ1v) is 17.6. The Kier molecular flexibility index (Phi) is 9.95. The fourth-order valence-electron chi connectivity index (χ4n) is 6.06. The smallest absolute Gasteiger partial charge is 0.319 e. The molecule has 0 saturated carbocycles. The second-order valence-electron chi connectivity index (χ2n) is 12.3. The molecule has 258 valence electrons. The molecule has 0 aromatic heterocycles. The van der Waals surface area contributed by atoms with Crippen LogP contribution in [-0.2, 0) is 16.6 Å². The molecule has 12 nitrogen and oxygen atoms in total. The molecule has 4 aromatic rings. The number of hydrogen-bond acceptors (Lipinski definition) is 8. The van der Waals surface area contributed by atoms with Gasteiger partial charge in [0.25, 0.3) is 5.91 Å². The summed E-state index contributed by atoms with van der Waals surface area (Å²) in [6.07, 6.45) is -0.751. The van der Waals surface area contributed by atoms with Crippen molar-refractivity contribution in [3.63, 3.8) is 0 Å². The Bertz CT molecular complexity index is 1960. The van der Waals surface area contributed by atoms with Gasteiger partial charge in [-0.2, -0.15) is 4.31 Å². The lowest BCUT2D eigenvalue weighted by atomic mass is 9.99. The molecular formula is C36H40N4O8S. The van der Waals surface area contributed by atoms with Gasteiger partial charge in [0.1, 0.15) is 19.3 Å². The predicted molar refractivity (Wildman–Crippen MR) is 185 cm³/mol. The fraction of sp³-hybridized carbons (Fsp3) is 0.333. The van der Waals surface area contributed by atoms with Gasteiger partial charge in [-0.15, -0.1) is 0 Å². The topological polar surface area (TPSA) is 147 Å². The lowest BCUT2D eigenvalue weighted by Gasteiger charge is -2.38. The molecule has 2 aliphatic rings. The normalized spacial score (nSPS) is 18.2. The molecule has 3 amide bonds. The number of benzene rings is 4. The van der Waals surface area contributed by atoms with Crippen molar-refractivity contribution in [1.29, 1.82) is 0 Å². The summed E-state index contributed by atoms with van der Waals surface area (Å²) in [5.74, 6) is 0.193. The minimum Gasteiger partial charge on any atom is -0.486 e. The molecule has 0 bridgehead atoms. The van der Waals surface area contributed by atoms with Gasteiger partial charge in [0.2, 0.25) is 10.0 Å². The van der Waals surface area contributed by atoms with Crippen LogP contribution < -0.4 is 24.8 Å². The van der Waals surface area contributed by atoms with Crippen molar-refractivity contribution >= 4 is 38.4 Å². The second kappa shape index (κ2) is 14.3. The van der Waals surface area contributed by atoms with Crippen molar-refractivity contribution in [2.45, 2.75) is 37.4 Å². The number of hydrogen-bond donors (Lipinski definition) is 3. The number of nitrogens with one attached hydrogen (secondary N) is 2. The number of likely N-dealkylation sites (N-methyl/N-ethyl adjacent to an activating group) is 1. The Balaban J connectivity index is 1.27. The summed E-state index contributed by atoms with van der Waals surface area (Å²) in [7, 11) is -2.54. The highest BCUT2D eigenvalue weighted by atomic mass is 32.2. The summed E-state index contributed by atoms with van der Waals surface area (Å²) in [6.45, 7) is 4.41. The lowest BCUT2D eigenvalue weighted by Crippen LogP contribution is -2.50. The number of aliphatic hydroxyl groups is 1. The van der Waals surface area contributed by atoms with Crippen molar-refractivity contribution in [2.24, 2.45) is 5.92 Å². The van der Waals surface area contributed by atoms with Crippen LogP contribution in [0.2, 0.25) is 0 Å². The molecule has 3 N–H and O–H groups in total. The molecule has 0 fully saturated rings. The number of carbonyl (C=O) groups excluding carboxylic acids is 2. The van der Waals surface area contributed by atoms with Gasteiger partial charge in [-0.1, -0.05) is 55.5 Å². The summed E-state index contributed by atoms with van der Waals surface area (Å²) in [6, 6.07) is 22.1. The molecule has 0 aliphatic carbocycles. The number of amides is 3. The van der Waals surface area contributed by atoms with Crippen LogP contribution in [-0.4, -0.2) is 86.8 Å². The highest BCUT2D eigenvalue weighted by molar-refractivity contribution is 7.89. The molecule has 0 saturated heterocycles. The van der Waals surface area contributed by atoms with Crippen LogP contribution >= 0.6 is 0 Å². The Hall–Kier alpha value is -4.85. The van der Waals surface area contributed by atoms with Gasteiger partial charge in [0, 0.05) is 32.1 Å². The third-order valence-corrected chi connectivity index (χ3v) is 10.7. The van der Waals surface area contributed by atoms with Gasteiger partial charge < -0.3 is 34.9 Å². The van der Waals surface area contributed by atoms with E-state index in [2.05, 4.69) is 10.6 Å². The standard InChI is InChI=1S/C36H40N4O8S/c1-23-20-40(24(2)22-41)35(42)29-12-7-13-30(38-36(43)37-19-26-10-6-9-25-8-4-5-11-28(25)26)34(29)48-33(23)21-39(3)49(44,45)27-14-15-31-32(18-27)47-17-16-46-31/h4-15,18,23-24,33,41H,16-17,19-22H2,1-3H3,(H2,37,38,43)/t23-,24+,33+/m1/s1. The number of carbonyl (C=O) groups is 2. The number of anilines is 1. The van der Waals surface area contributed by atoms with Crippen molar-refractivity contribution in [1.82, 2.24) is 14.5 Å². The first-order chi connectivity index (χ1) is 23.6. The zero-order chi connectivity index (χ0) is 34.7. The maximum absolute atomic E-state index is 13.9. The number of para-hydroxylation sites is 1. The number of nitrogens with zero attached hydrogens (tertiary/aromatic N) is 2. The molecule has 0 radical (unpaired) electrons. The number of aliphatic hydroxyl groups excluding tert-OH is 1. The number of ether oxygens (including phenoxy) is 3. The molecule has 2 heterocycles. The molecule has 6 rings (SSSR count). The molecule has 3 atom stereocenters. The number of fused-ring (bicyclic) bond motifs is 3. The van der Waals surface area contributed by atoms with Gasteiger partial charge in [-0.3, -0.25) is 4.79 Å². The Labute approximate surface area is 285 Å². The summed E-state index contributed by atoms with van der Waals surface area (Å²) < 4.78 is 46.4. The van der Waals surface area contributed by atoms with Gasteiger partial charge in [-0.25, -0.2) is 13.2 Å². The number of rotatable bonds is 9. The first kappa shape index (κ1) is 34.0. The maximum Gasteiger partial charge on any atom is 0.319 e. The minimum absolute atomic E-state index is 0.0362. The van der Waals surface area contributed by atoms with Gasteiger partial charge in [-0.05, 0) is 47.5 Å². The van der Waals surface area contributed by atoms with Crippen molar-refractivity contribution in [2.75, 3.05) is 45.3 Å². The van der Waals surface area contributed by atoms with Crippen molar-refractivity contribution in [3.8, 4) is 17.2 Å². The Morgan fingerprint density at radius 2 is 1.76 bits per heavy atom. The predicted octanol–water partition coefficient (Wildman–Crippen LogP) is 4.47. The highest BCUT2D eigenvalue weighted by Crippen LogP contribution is 2.36. The van der Waals surface area contributed by atoms with E-state index in [1.807, 2.05) is 49.4 Å². The van der Waals surface area contributed by atoms with Crippen molar-refractivity contribution < 1.29 is 37.3 Å². The van der Waals surface area contributed by atoms with Gasteiger partial charge in [0.15, 0.2) is 17.2 Å². The molecule has 0 unspecified atom stereocenters. The van der Waals surface area contributed by atoms with Crippen LogP contribution in [0.15, 0.2) is 83.8 Å². The molecule has 0 spiro atoms. The number of urea groups is 1. The average molecular weight is 689 g/mol. The third-order valence-electron chi connectivity index (χ3n) is 8.92. The van der Waals surface area contributed by atoms with Gasteiger partial charge >= 0.3 is 6.03 Å². The average Bonchev–Trinajstić information content (AvgIpc) is 3.11. The lowest BCUT2D eigenvalue weighted by molar-refractivity contribution is 0.0389. The fourth-order valence-corrected chi connectivity index (χ4v) is 7.26. The van der Waals surface area contributed by atoms with E-state index in [-0.39, 0.29) is 60.0 Å². The SMILES string of the molecule is C[C@@H]1CN([C@@H](C)CO)C(=O)c2cccc(NC(=O)NCc3cccc4ccccc34)c2O[C@H]1CN(C)S(=O)(=O)c1ccc2c(c1)OCCO2. The van der Waals surface area contributed by atoms with Crippen LogP contribution in [0.25, 0.3) is 10.8 Å². The van der Waals surface area contributed by atoms with Crippen LogP contribution in [0.3, 0.4) is 0 Å². The van der Waals surface area contributed by atoms with Crippen molar-refractivity contribution in [3.05, 3.63) is 90.0 Å². The van der Waals surface area contributed by atoms with Crippen LogP contribution in [0.5, 0.6) is 17.2 Å². The van der Waals surface area contributed by atoms with Crippen LogP contribution in [0, 0.1) is 5.92 Å². The molecule has 13 heteroatoms. The van der Waals surface area contributed by atoms with E-state index < -0.39 is 28.2 Å². The van der Waals surface area contributed by atoms with E-state index in [0.29, 0.717) is 24.7 Å². The molecule has 49 heavy (non-hydrogen) atoms. The number of sulfonamides is 1. The summed E-state index contributed by atoms with van der Waals surface area (Å²) in [5, 5.41) is 17.8. The highest BCUT2D eigenvalue weighted by Gasteiger charge is 2.36. The summed E-state index contributed by atoms with van der Waals surface area (Å²) in [5.41, 5.74) is 1.36. The Morgan fingerprint density at radius 3 is 2.55 bits per heavy atom. The second-order valence-corrected chi connectivity index (χ2v) is 14.4. The molecular weight excluding hydrogens is 648 g/mol. The maximum atomic E-state index is 13.9. The minimum atomic E-state index is -4.00. The van der Waals surface area contributed by atoms with Gasteiger partial charge in [0.05, 0.1) is 35.3 Å². The van der Waals surface area contributed by atoms with E-state index in [1.54, 1.807) is 36.1 Å². The zero-order valence-electron chi connectivity index (χ0n) is 27.6. The van der Waals surface area contributed by atoms with E-state index in [4.69, 9.17) is 14.2 Å². The quantitative estimate of drug-likeness (QED) is 0.234. The first-order valence-electron chi connectivity index (χ1n) is 16.2.